The first-order valence-corrected chi connectivity index (χ1v) is 8.97. The maximum Gasteiger partial charge on any atom is 0.312 e. The molecule has 0 saturated heterocycles. The first-order valence-electron chi connectivity index (χ1n) is 8.22. The molecular weight excluding hydrogens is 335 g/mol. The molecule has 5 heteroatoms. The van der Waals surface area contributed by atoms with Gasteiger partial charge in [0.25, 0.3) is 0 Å². The molecule has 4 fully saturated rings. The van der Waals surface area contributed by atoms with Gasteiger partial charge in [0.1, 0.15) is 6.61 Å². The zero-order valence-corrected chi connectivity index (χ0v) is 14.4. The molecule has 4 atom stereocenters. The molecule has 2 unspecified atom stereocenters. The van der Waals surface area contributed by atoms with Gasteiger partial charge in [0.2, 0.25) is 0 Å². The second-order valence-corrected chi connectivity index (χ2v) is 8.56. The minimum atomic E-state index is -0.662. The number of aliphatic hydroxyl groups is 1. The standard InChI is InChI=1S/C18H20Cl2O3/c19-14-2-1-3-15(20)13(14)9-23-16(21)17-5-11-4-12(6-17)8-18(22,7-11)10-17/h1-3,11-12,22H,4-10H2/t11-,12+,17?,18?. The van der Waals surface area contributed by atoms with Crippen molar-refractivity contribution in [3.8, 4) is 0 Å². The molecule has 1 N–H and O–H groups in total. The lowest BCUT2D eigenvalue weighted by atomic mass is 9.48. The molecule has 0 radical (unpaired) electrons. The van der Waals surface area contributed by atoms with Crippen molar-refractivity contribution in [1.29, 1.82) is 0 Å². The van der Waals surface area contributed by atoms with Gasteiger partial charge in [0.05, 0.1) is 11.0 Å². The van der Waals surface area contributed by atoms with Gasteiger partial charge >= 0.3 is 5.97 Å². The lowest BCUT2D eigenvalue weighted by Crippen LogP contribution is -2.58. The normalized spacial score (nSPS) is 37.9. The Morgan fingerprint density at radius 3 is 2.35 bits per heavy atom. The van der Waals surface area contributed by atoms with Gasteiger partial charge in [0.15, 0.2) is 0 Å². The van der Waals surface area contributed by atoms with E-state index in [0.29, 0.717) is 33.9 Å². The molecule has 0 heterocycles. The van der Waals surface area contributed by atoms with Gasteiger partial charge in [-0.15, -0.1) is 0 Å². The van der Waals surface area contributed by atoms with Crippen LogP contribution in [0.15, 0.2) is 18.2 Å². The van der Waals surface area contributed by atoms with E-state index in [-0.39, 0.29) is 12.6 Å². The zero-order valence-electron chi connectivity index (χ0n) is 12.9. The Morgan fingerprint density at radius 1 is 1.17 bits per heavy atom. The van der Waals surface area contributed by atoms with Crippen molar-refractivity contribution in [3.05, 3.63) is 33.8 Å². The van der Waals surface area contributed by atoms with Gasteiger partial charge in [-0.25, -0.2) is 0 Å². The molecule has 0 spiro atoms. The summed E-state index contributed by atoms with van der Waals surface area (Å²) in [6, 6.07) is 5.25. The second-order valence-electron chi connectivity index (χ2n) is 7.74. The fourth-order valence-electron chi connectivity index (χ4n) is 5.41. The van der Waals surface area contributed by atoms with Gasteiger partial charge in [0, 0.05) is 15.6 Å². The van der Waals surface area contributed by atoms with Crippen LogP contribution >= 0.6 is 23.2 Å². The summed E-state index contributed by atoms with van der Waals surface area (Å²) in [5.41, 5.74) is -0.523. The molecule has 4 saturated carbocycles. The minimum Gasteiger partial charge on any atom is -0.460 e. The number of rotatable bonds is 3. The topological polar surface area (TPSA) is 46.5 Å². The Morgan fingerprint density at radius 2 is 1.78 bits per heavy atom. The van der Waals surface area contributed by atoms with Crippen LogP contribution in [0, 0.1) is 17.3 Å². The summed E-state index contributed by atoms with van der Waals surface area (Å²) in [6.45, 7) is 0.0901. The van der Waals surface area contributed by atoms with E-state index in [1.54, 1.807) is 18.2 Å². The lowest BCUT2D eigenvalue weighted by molar-refractivity contribution is -0.197. The molecule has 3 nitrogen and oxygen atoms in total. The maximum atomic E-state index is 12.8. The van der Waals surface area contributed by atoms with Crippen LogP contribution in [-0.2, 0) is 16.1 Å². The number of esters is 1. The van der Waals surface area contributed by atoms with Crippen molar-refractivity contribution in [2.45, 2.75) is 50.7 Å². The molecule has 4 bridgehead atoms. The van der Waals surface area contributed by atoms with E-state index in [4.69, 9.17) is 27.9 Å². The van der Waals surface area contributed by atoms with Crippen LogP contribution in [0.4, 0.5) is 0 Å². The first-order chi connectivity index (χ1) is 10.9. The van der Waals surface area contributed by atoms with Gasteiger partial charge in [-0.05, 0) is 62.5 Å². The Bertz CT molecular complexity index is 623. The van der Waals surface area contributed by atoms with E-state index in [1.807, 2.05) is 0 Å². The van der Waals surface area contributed by atoms with Crippen molar-refractivity contribution < 1.29 is 14.6 Å². The molecule has 4 aliphatic rings. The van der Waals surface area contributed by atoms with Crippen LogP contribution in [0.1, 0.15) is 44.1 Å². The molecule has 23 heavy (non-hydrogen) atoms. The highest BCUT2D eigenvalue weighted by Crippen LogP contribution is 2.62. The number of benzene rings is 1. The quantitative estimate of drug-likeness (QED) is 0.819. The van der Waals surface area contributed by atoms with Crippen molar-refractivity contribution in [2.24, 2.45) is 17.3 Å². The van der Waals surface area contributed by atoms with E-state index in [2.05, 4.69) is 0 Å². The predicted molar refractivity (Wildman–Crippen MR) is 88.3 cm³/mol. The third-order valence-corrected chi connectivity index (χ3v) is 6.58. The number of halogens is 2. The summed E-state index contributed by atoms with van der Waals surface area (Å²) in [7, 11) is 0. The summed E-state index contributed by atoms with van der Waals surface area (Å²) in [6.07, 6.45) is 5.07. The summed E-state index contributed by atoms with van der Waals surface area (Å²) in [4.78, 5) is 12.8. The van der Waals surface area contributed by atoms with Crippen molar-refractivity contribution in [2.75, 3.05) is 0 Å². The number of hydrogen-bond acceptors (Lipinski definition) is 3. The molecule has 0 aromatic heterocycles. The molecule has 5 rings (SSSR count). The van der Waals surface area contributed by atoms with Crippen LogP contribution in [0.3, 0.4) is 0 Å². The average molecular weight is 355 g/mol. The van der Waals surface area contributed by atoms with Gasteiger partial charge in [-0.1, -0.05) is 29.3 Å². The molecule has 0 amide bonds. The lowest BCUT2D eigenvalue weighted by Gasteiger charge is -2.58. The Balaban J connectivity index is 1.51. The van der Waals surface area contributed by atoms with Gasteiger partial charge in [-0.3, -0.25) is 4.79 Å². The molecule has 124 valence electrons. The Hall–Kier alpha value is -0.770. The summed E-state index contributed by atoms with van der Waals surface area (Å²) in [5.74, 6) is 0.719. The first kappa shape index (κ1) is 15.7. The Labute approximate surface area is 145 Å². The van der Waals surface area contributed by atoms with Gasteiger partial charge in [-0.2, -0.15) is 0 Å². The van der Waals surface area contributed by atoms with Crippen LogP contribution in [0.25, 0.3) is 0 Å². The van der Waals surface area contributed by atoms with Crippen molar-refractivity contribution in [1.82, 2.24) is 0 Å². The van der Waals surface area contributed by atoms with E-state index >= 15 is 0 Å². The fraction of sp³-hybridized carbons (Fsp3) is 0.611. The summed E-state index contributed by atoms with van der Waals surface area (Å²) < 4.78 is 5.60. The highest BCUT2D eigenvalue weighted by Gasteiger charge is 2.60. The van der Waals surface area contributed by atoms with Crippen molar-refractivity contribution in [3.63, 3.8) is 0 Å². The molecular formula is C18H20Cl2O3. The maximum absolute atomic E-state index is 12.8. The van der Waals surface area contributed by atoms with E-state index in [1.165, 1.54) is 0 Å². The Kier molecular flexibility index (Phi) is 3.67. The largest absolute Gasteiger partial charge is 0.460 e. The fourth-order valence-corrected chi connectivity index (χ4v) is 5.92. The number of ether oxygens (including phenoxy) is 1. The van der Waals surface area contributed by atoms with E-state index < -0.39 is 11.0 Å². The van der Waals surface area contributed by atoms with Crippen LogP contribution in [-0.4, -0.2) is 16.7 Å². The average Bonchev–Trinajstić information content (AvgIpc) is 2.43. The highest BCUT2D eigenvalue weighted by molar-refractivity contribution is 6.35. The van der Waals surface area contributed by atoms with Crippen molar-refractivity contribution >= 4 is 29.2 Å². The summed E-state index contributed by atoms with van der Waals surface area (Å²) >= 11 is 12.3. The number of carbonyl (C=O) groups is 1. The third kappa shape index (κ3) is 2.67. The van der Waals surface area contributed by atoms with Crippen LogP contribution in [0.2, 0.25) is 10.0 Å². The smallest absolute Gasteiger partial charge is 0.312 e. The molecule has 1 aromatic carbocycles. The van der Waals surface area contributed by atoms with Gasteiger partial charge < -0.3 is 9.84 Å². The second kappa shape index (κ2) is 5.37. The molecule has 0 aliphatic heterocycles. The predicted octanol–water partition coefficient (Wildman–Crippen LogP) is 4.37. The number of hydrogen-bond donors (Lipinski definition) is 1. The SMILES string of the molecule is O=C(OCc1c(Cl)cccc1Cl)C12C[C@@H]3C[C@@H](CC(O)(C3)C1)C2. The monoisotopic (exact) mass is 354 g/mol. The minimum absolute atomic E-state index is 0.0901. The van der Waals surface area contributed by atoms with Crippen LogP contribution < -0.4 is 0 Å². The number of carbonyl (C=O) groups excluding carboxylic acids is 1. The highest BCUT2D eigenvalue weighted by atomic mass is 35.5. The van der Waals surface area contributed by atoms with Crippen LogP contribution in [0.5, 0.6) is 0 Å². The summed E-state index contributed by atoms with van der Waals surface area (Å²) in [5, 5.41) is 11.8. The molecule has 4 aliphatic carbocycles. The van der Waals surface area contributed by atoms with E-state index in [9.17, 15) is 9.90 Å². The zero-order chi connectivity index (χ0) is 16.2. The third-order valence-electron chi connectivity index (χ3n) is 5.87. The van der Waals surface area contributed by atoms with E-state index in [0.717, 1.165) is 32.1 Å². The molecule has 1 aromatic rings.